The van der Waals surface area contributed by atoms with Crippen LogP contribution in [0.2, 0.25) is 0 Å². The van der Waals surface area contributed by atoms with E-state index in [9.17, 15) is 9.90 Å². The van der Waals surface area contributed by atoms with Gasteiger partial charge in [0.1, 0.15) is 9.71 Å². The van der Waals surface area contributed by atoms with E-state index in [2.05, 4.69) is 10.3 Å². The Labute approximate surface area is 121 Å². The van der Waals surface area contributed by atoms with Gasteiger partial charge < -0.3 is 16.2 Å². The van der Waals surface area contributed by atoms with Crippen molar-refractivity contribution in [3.05, 3.63) is 22.2 Å². The minimum atomic E-state index is -0.429. The number of aromatic nitrogens is 1. The molecule has 2 aromatic heterocycles. The molecule has 0 fully saturated rings. The number of rotatable bonds is 4. The van der Waals surface area contributed by atoms with E-state index in [4.69, 9.17) is 5.73 Å². The van der Waals surface area contributed by atoms with Crippen LogP contribution in [0, 0.1) is 13.8 Å². The van der Waals surface area contributed by atoms with E-state index in [0.717, 1.165) is 21.5 Å². The quantitative estimate of drug-likeness (QED) is 0.804. The van der Waals surface area contributed by atoms with E-state index in [-0.39, 0.29) is 5.91 Å². The summed E-state index contributed by atoms with van der Waals surface area (Å²) in [6.45, 7) is 6.01. The third-order valence-corrected chi connectivity index (χ3v) is 4.18. The van der Waals surface area contributed by atoms with Crippen LogP contribution in [0.3, 0.4) is 0 Å². The second-order valence-corrected chi connectivity index (χ2v) is 6.00. The Balaban J connectivity index is 2.29. The summed E-state index contributed by atoms with van der Waals surface area (Å²) in [5.41, 5.74) is 8.52. The molecule has 0 aliphatic heterocycles. The Hall–Kier alpha value is -1.66. The maximum atomic E-state index is 12.1. The number of aliphatic hydroxyl groups excluding tert-OH is 1. The molecule has 6 heteroatoms. The molecule has 2 rings (SSSR count). The molecule has 2 heterocycles. The summed E-state index contributed by atoms with van der Waals surface area (Å²) >= 11 is 1.31. The molecule has 0 spiro atoms. The molecule has 1 atom stereocenters. The van der Waals surface area contributed by atoms with Crippen molar-refractivity contribution in [3.8, 4) is 0 Å². The molecule has 0 aliphatic carbocycles. The molecule has 4 N–H and O–H groups in total. The number of hydrogen-bond donors (Lipinski definition) is 3. The lowest BCUT2D eigenvalue weighted by atomic mass is 10.1. The van der Waals surface area contributed by atoms with Gasteiger partial charge in [0.15, 0.2) is 0 Å². The van der Waals surface area contributed by atoms with Gasteiger partial charge in [-0.15, -0.1) is 11.3 Å². The third-order valence-electron chi connectivity index (χ3n) is 3.08. The number of anilines is 1. The molecule has 2 aromatic rings. The average Bonchev–Trinajstić information content (AvgIpc) is 2.65. The van der Waals surface area contributed by atoms with Crippen molar-refractivity contribution in [2.45, 2.75) is 33.3 Å². The van der Waals surface area contributed by atoms with Crippen LogP contribution in [-0.4, -0.2) is 28.6 Å². The second-order valence-electron chi connectivity index (χ2n) is 5.00. The highest BCUT2D eigenvalue weighted by Gasteiger charge is 2.18. The predicted octanol–water partition coefficient (Wildman–Crippen LogP) is 2.00. The summed E-state index contributed by atoms with van der Waals surface area (Å²) in [5.74, 6) is -0.205. The zero-order chi connectivity index (χ0) is 14.9. The number of nitrogens with two attached hydrogens (primary N) is 1. The first kappa shape index (κ1) is 14.7. The summed E-state index contributed by atoms with van der Waals surface area (Å²) in [5, 5.41) is 12.8. The lowest BCUT2D eigenvalue weighted by Gasteiger charge is -2.06. The molecule has 1 amide bonds. The fourth-order valence-electron chi connectivity index (χ4n) is 2.11. The molecule has 0 saturated heterocycles. The fraction of sp³-hybridized carbons (Fsp3) is 0.429. The van der Waals surface area contributed by atoms with Gasteiger partial charge in [-0.1, -0.05) is 0 Å². The number of hydrogen-bond acceptors (Lipinski definition) is 5. The summed E-state index contributed by atoms with van der Waals surface area (Å²) in [7, 11) is 0. The van der Waals surface area contributed by atoms with Crippen LogP contribution in [-0.2, 0) is 0 Å². The van der Waals surface area contributed by atoms with Crippen LogP contribution < -0.4 is 11.1 Å². The van der Waals surface area contributed by atoms with Gasteiger partial charge >= 0.3 is 0 Å². The van der Waals surface area contributed by atoms with Crippen LogP contribution >= 0.6 is 11.3 Å². The van der Waals surface area contributed by atoms with Crippen molar-refractivity contribution in [2.24, 2.45) is 0 Å². The predicted molar refractivity (Wildman–Crippen MR) is 82.1 cm³/mol. The lowest BCUT2D eigenvalue weighted by Crippen LogP contribution is -2.26. The Morgan fingerprint density at radius 1 is 1.55 bits per heavy atom. The van der Waals surface area contributed by atoms with Crippen molar-refractivity contribution >= 4 is 33.1 Å². The number of carbonyl (C=O) groups is 1. The molecule has 20 heavy (non-hydrogen) atoms. The van der Waals surface area contributed by atoms with Crippen molar-refractivity contribution in [1.82, 2.24) is 10.3 Å². The smallest absolute Gasteiger partial charge is 0.263 e. The minimum Gasteiger partial charge on any atom is -0.397 e. The van der Waals surface area contributed by atoms with Gasteiger partial charge in [0, 0.05) is 17.6 Å². The number of aliphatic hydroxyl groups is 1. The normalized spacial score (nSPS) is 12.6. The molecule has 1 unspecified atom stereocenters. The second kappa shape index (κ2) is 5.76. The zero-order valence-electron chi connectivity index (χ0n) is 11.9. The Kier molecular flexibility index (Phi) is 4.25. The number of nitrogen functional groups attached to an aromatic ring is 1. The largest absolute Gasteiger partial charge is 0.397 e. The molecule has 0 aromatic carbocycles. The molecule has 5 nitrogen and oxygen atoms in total. The number of nitrogens with zero attached hydrogens (tertiary/aromatic N) is 1. The number of thiophene rings is 1. The topological polar surface area (TPSA) is 88.2 Å². The highest BCUT2D eigenvalue weighted by molar-refractivity contribution is 7.21. The standard InChI is InChI=1S/C14H19N3O2S/c1-7-6-8(2)17-14-10(7)11(15)12(20-14)13(19)16-5-4-9(3)18/h6,9,18H,4-5,15H2,1-3H3,(H,16,19). The first-order chi connectivity index (χ1) is 9.40. The van der Waals surface area contributed by atoms with E-state index in [0.29, 0.717) is 23.5 Å². The van der Waals surface area contributed by atoms with Crippen LogP contribution in [0.15, 0.2) is 6.07 Å². The number of pyridine rings is 1. The summed E-state index contributed by atoms with van der Waals surface area (Å²) in [6.07, 6.45) is 0.0917. The fourth-order valence-corrected chi connectivity index (χ4v) is 3.25. The lowest BCUT2D eigenvalue weighted by molar-refractivity contribution is 0.0950. The van der Waals surface area contributed by atoms with Gasteiger partial charge in [0.25, 0.3) is 5.91 Å². The van der Waals surface area contributed by atoms with E-state index < -0.39 is 6.10 Å². The Morgan fingerprint density at radius 3 is 2.90 bits per heavy atom. The van der Waals surface area contributed by atoms with Crippen LogP contribution in [0.5, 0.6) is 0 Å². The molecular weight excluding hydrogens is 274 g/mol. The number of nitrogens with one attached hydrogen (secondary N) is 1. The molecule has 0 saturated carbocycles. The van der Waals surface area contributed by atoms with Crippen LogP contribution in [0.4, 0.5) is 5.69 Å². The summed E-state index contributed by atoms with van der Waals surface area (Å²) in [6, 6.07) is 1.96. The third kappa shape index (κ3) is 2.91. The van der Waals surface area contributed by atoms with Crippen molar-refractivity contribution in [1.29, 1.82) is 0 Å². The summed E-state index contributed by atoms with van der Waals surface area (Å²) in [4.78, 5) is 17.8. The zero-order valence-corrected chi connectivity index (χ0v) is 12.7. The number of carbonyl (C=O) groups excluding carboxylic acids is 1. The number of fused-ring (bicyclic) bond motifs is 1. The number of amides is 1. The van der Waals surface area contributed by atoms with Crippen molar-refractivity contribution < 1.29 is 9.90 Å². The molecule has 0 aliphatic rings. The highest BCUT2D eigenvalue weighted by atomic mass is 32.1. The monoisotopic (exact) mass is 293 g/mol. The van der Waals surface area contributed by atoms with Gasteiger partial charge in [-0.05, 0) is 38.8 Å². The van der Waals surface area contributed by atoms with E-state index in [1.807, 2.05) is 19.9 Å². The Bertz CT molecular complexity index is 649. The van der Waals surface area contributed by atoms with E-state index in [1.165, 1.54) is 11.3 Å². The van der Waals surface area contributed by atoms with Crippen LogP contribution in [0.1, 0.15) is 34.3 Å². The van der Waals surface area contributed by atoms with Gasteiger partial charge in [-0.25, -0.2) is 4.98 Å². The van der Waals surface area contributed by atoms with Crippen molar-refractivity contribution in [3.63, 3.8) is 0 Å². The first-order valence-electron chi connectivity index (χ1n) is 6.52. The van der Waals surface area contributed by atoms with E-state index >= 15 is 0 Å². The molecule has 108 valence electrons. The maximum absolute atomic E-state index is 12.1. The minimum absolute atomic E-state index is 0.205. The van der Waals surface area contributed by atoms with Gasteiger partial charge in [0.05, 0.1) is 11.8 Å². The van der Waals surface area contributed by atoms with Crippen LogP contribution in [0.25, 0.3) is 10.2 Å². The molecular formula is C14H19N3O2S. The maximum Gasteiger partial charge on any atom is 0.263 e. The van der Waals surface area contributed by atoms with E-state index in [1.54, 1.807) is 6.92 Å². The van der Waals surface area contributed by atoms with Gasteiger partial charge in [-0.2, -0.15) is 0 Å². The van der Waals surface area contributed by atoms with Crippen molar-refractivity contribution in [2.75, 3.05) is 12.3 Å². The highest BCUT2D eigenvalue weighted by Crippen LogP contribution is 2.34. The van der Waals surface area contributed by atoms with Gasteiger partial charge in [0.2, 0.25) is 0 Å². The first-order valence-corrected chi connectivity index (χ1v) is 7.34. The average molecular weight is 293 g/mol. The van der Waals surface area contributed by atoms with Gasteiger partial charge in [-0.3, -0.25) is 4.79 Å². The SMILES string of the molecule is Cc1cc(C)c2c(N)c(C(=O)NCCC(C)O)sc2n1. The summed E-state index contributed by atoms with van der Waals surface area (Å²) < 4.78 is 0. The Morgan fingerprint density at radius 2 is 2.25 bits per heavy atom. The number of aryl methyl sites for hydroxylation is 2. The molecule has 0 radical (unpaired) electrons. The molecule has 0 bridgehead atoms.